The second-order valence-electron chi connectivity index (χ2n) is 8.99. The van der Waals surface area contributed by atoms with Crippen LogP contribution in [0.5, 0.6) is 0 Å². The number of carbonyl (C=O) groups excluding carboxylic acids is 2. The highest BCUT2D eigenvalue weighted by atomic mass is 16.5. The maximum Gasteiger partial charge on any atom is 0.267 e. The monoisotopic (exact) mass is 428 g/mol. The molecule has 0 bridgehead atoms. The van der Waals surface area contributed by atoms with E-state index in [2.05, 4.69) is 35.0 Å². The van der Waals surface area contributed by atoms with Gasteiger partial charge in [0.2, 0.25) is 0 Å². The lowest BCUT2D eigenvalue weighted by molar-refractivity contribution is -0.124. The highest BCUT2D eigenvalue weighted by molar-refractivity contribution is 5.91. The number of likely N-dealkylation sites (tertiary alicyclic amines) is 1. The van der Waals surface area contributed by atoms with E-state index in [0.717, 1.165) is 69.4 Å². The van der Waals surface area contributed by atoms with Gasteiger partial charge in [0, 0.05) is 49.9 Å². The number of hydroxylamine groups is 1. The first kappa shape index (κ1) is 23.4. The maximum absolute atomic E-state index is 11.3. The maximum atomic E-state index is 11.3. The molecule has 3 N–H and O–H groups in total. The summed E-state index contributed by atoms with van der Waals surface area (Å²) in [5, 5.41) is 12.6. The Bertz CT molecular complexity index is 751. The van der Waals surface area contributed by atoms with Gasteiger partial charge < -0.3 is 9.69 Å². The first-order valence-corrected chi connectivity index (χ1v) is 11.4. The molecule has 2 saturated heterocycles. The third-order valence-corrected chi connectivity index (χ3v) is 6.49. The van der Waals surface area contributed by atoms with Gasteiger partial charge in [0.05, 0.1) is 6.17 Å². The fourth-order valence-corrected chi connectivity index (χ4v) is 4.70. The van der Waals surface area contributed by atoms with E-state index in [-0.39, 0.29) is 5.92 Å². The molecule has 0 aliphatic carbocycles. The molecule has 0 radical (unpaired) electrons. The molecule has 2 aliphatic rings. The van der Waals surface area contributed by atoms with Crippen LogP contribution in [-0.2, 0) is 9.59 Å². The second kappa shape index (κ2) is 11.4. The molecule has 7 nitrogen and oxygen atoms in total. The molecule has 2 fully saturated rings. The quantitative estimate of drug-likeness (QED) is 0.256. The van der Waals surface area contributed by atoms with E-state index in [1.165, 1.54) is 6.08 Å². The number of anilines is 1. The van der Waals surface area contributed by atoms with Gasteiger partial charge in [0.25, 0.3) is 5.91 Å². The number of aldehydes is 1. The van der Waals surface area contributed by atoms with Gasteiger partial charge in [0.1, 0.15) is 6.29 Å². The Kier molecular flexibility index (Phi) is 8.63. The number of nitrogens with zero attached hydrogens (tertiary/aromatic N) is 2. The van der Waals surface area contributed by atoms with E-state index in [0.29, 0.717) is 18.1 Å². The number of rotatable bonds is 8. The number of hydrogen-bond acceptors (Lipinski definition) is 6. The molecule has 1 aromatic carbocycles. The minimum absolute atomic E-state index is 0.227. The Labute approximate surface area is 185 Å². The molecule has 31 heavy (non-hydrogen) atoms. The van der Waals surface area contributed by atoms with E-state index in [4.69, 9.17) is 5.21 Å². The Morgan fingerprint density at radius 3 is 2.39 bits per heavy atom. The van der Waals surface area contributed by atoms with Crippen LogP contribution in [0.2, 0.25) is 0 Å². The molecule has 0 aromatic heterocycles. The summed E-state index contributed by atoms with van der Waals surface area (Å²) >= 11 is 0. The van der Waals surface area contributed by atoms with E-state index in [1.54, 1.807) is 11.6 Å². The molecule has 3 rings (SSSR count). The Hall–Kier alpha value is -2.22. The van der Waals surface area contributed by atoms with Crippen molar-refractivity contribution in [3.63, 3.8) is 0 Å². The number of carbonyl (C=O) groups is 2. The zero-order chi connectivity index (χ0) is 22.2. The lowest BCUT2D eigenvalue weighted by atomic mass is 9.95. The molecule has 2 aliphatic heterocycles. The molecule has 7 heteroatoms. The Morgan fingerprint density at radius 2 is 1.77 bits per heavy atom. The summed E-state index contributed by atoms with van der Waals surface area (Å²) in [6.07, 6.45) is 8.59. The van der Waals surface area contributed by atoms with Crippen molar-refractivity contribution >= 4 is 24.0 Å². The predicted molar refractivity (Wildman–Crippen MR) is 123 cm³/mol. The van der Waals surface area contributed by atoms with Crippen molar-refractivity contribution in [1.29, 1.82) is 0 Å². The van der Waals surface area contributed by atoms with Crippen molar-refractivity contribution in [3.8, 4) is 0 Å². The molecule has 1 atom stereocenters. The molecule has 1 unspecified atom stereocenters. The average Bonchev–Trinajstić information content (AvgIpc) is 2.81. The minimum atomic E-state index is -0.533. The number of benzene rings is 1. The van der Waals surface area contributed by atoms with E-state index in [1.807, 2.05) is 18.2 Å². The van der Waals surface area contributed by atoms with Crippen LogP contribution < -0.4 is 15.7 Å². The van der Waals surface area contributed by atoms with E-state index in [9.17, 15) is 9.59 Å². The van der Waals surface area contributed by atoms with Gasteiger partial charge in [-0.25, -0.2) is 5.48 Å². The molecular formula is C24H36N4O3. The molecule has 2 heterocycles. The van der Waals surface area contributed by atoms with Crippen LogP contribution in [0, 0.1) is 11.8 Å². The smallest absolute Gasteiger partial charge is 0.267 e. The van der Waals surface area contributed by atoms with Gasteiger partial charge in [-0.05, 0) is 49.3 Å². The summed E-state index contributed by atoms with van der Waals surface area (Å²) in [4.78, 5) is 27.3. The van der Waals surface area contributed by atoms with Crippen LogP contribution in [0.15, 0.2) is 30.3 Å². The first-order chi connectivity index (χ1) is 15.0. The zero-order valence-electron chi connectivity index (χ0n) is 18.7. The fraction of sp³-hybridized carbons (Fsp3) is 0.583. The lowest BCUT2D eigenvalue weighted by Gasteiger charge is -2.43. The van der Waals surface area contributed by atoms with Crippen molar-refractivity contribution in [2.24, 2.45) is 11.8 Å². The Morgan fingerprint density at radius 1 is 1.10 bits per heavy atom. The molecule has 0 spiro atoms. The molecule has 0 saturated carbocycles. The second-order valence-corrected chi connectivity index (χ2v) is 8.99. The minimum Gasteiger partial charge on any atom is -0.371 e. The molecular weight excluding hydrogens is 392 g/mol. The molecule has 170 valence electrons. The molecule has 1 aromatic rings. The van der Waals surface area contributed by atoms with Crippen LogP contribution in [0.3, 0.4) is 0 Å². The van der Waals surface area contributed by atoms with Crippen LogP contribution in [0.25, 0.3) is 6.08 Å². The standard InChI is InChI=1S/C24H36N4O3/c1-18(2)24(28-13-9-19(17-29)10-14-28)25-21-11-15-27(16-12-21)22-6-4-3-5-20(22)7-8-23(30)26-31/h3-8,17-19,21,24-25,31H,9-16H2,1-2H3,(H,26,30). The number of para-hydroxylation sites is 1. The summed E-state index contributed by atoms with van der Waals surface area (Å²) in [7, 11) is 0. The zero-order valence-corrected chi connectivity index (χ0v) is 18.7. The summed E-state index contributed by atoms with van der Waals surface area (Å²) in [5.41, 5.74) is 3.71. The van der Waals surface area contributed by atoms with Crippen molar-refractivity contribution < 1.29 is 14.8 Å². The summed E-state index contributed by atoms with van der Waals surface area (Å²) in [5.74, 6) is 0.203. The number of piperidine rings is 2. The van der Waals surface area contributed by atoms with E-state index < -0.39 is 5.91 Å². The van der Waals surface area contributed by atoms with Crippen LogP contribution >= 0.6 is 0 Å². The first-order valence-electron chi connectivity index (χ1n) is 11.4. The van der Waals surface area contributed by atoms with Crippen molar-refractivity contribution in [2.75, 3.05) is 31.1 Å². The van der Waals surface area contributed by atoms with Gasteiger partial charge in [-0.1, -0.05) is 32.0 Å². The van der Waals surface area contributed by atoms with Crippen LogP contribution in [-0.4, -0.2) is 60.7 Å². The lowest BCUT2D eigenvalue weighted by Crippen LogP contribution is -2.56. The van der Waals surface area contributed by atoms with Crippen LogP contribution in [0.4, 0.5) is 5.69 Å². The van der Waals surface area contributed by atoms with Gasteiger partial charge >= 0.3 is 0 Å². The predicted octanol–water partition coefficient (Wildman–Crippen LogP) is 2.66. The number of hydrogen-bond donors (Lipinski definition) is 3. The molecule has 1 amide bonds. The topological polar surface area (TPSA) is 84.9 Å². The summed E-state index contributed by atoms with van der Waals surface area (Å²) < 4.78 is 0. The average molecular weight is 429 g/mol. The van der Waals surface area contributed by atoms with Gasteiger partial charge in [-0.15, -0.1) is 0 Å². The number of nitrogens with one attached hydrogen (secondary N) is 2. The largest absolute Gasteiger partial charge is 0.371 e. The van der Waals surface area contributed by atoms with Crippen molar-refractivity contribution in [2.45, 2.75) is 51.7 Å². The van der Waals surface area contributed by atoms with Gasteiger partial charge in [-0.2, -0.15) is 0 Å². The van der Waals surface area contributed by atoms with Crippen molar-refractivity contribution in [1.82, 2.24) is 15.7 Å². The fourth-order valence-electron chi connectivity index (χ4n) is 4.70. The third kappa shape index (κ3) is 6.38. The number of amides is 1. The Balaban J connectivity index is 1.57. The SMILES string of the molecule is CC(C)C(NC1CCN(c2ccccc2C=CC(=O)NO)CC1)N1CCC(C=O)CC1. The van der Waals surface area contributed by atoms with Gasteiger partial charge in [0.15, 0.2) is 0 Å². The highest BCUT2D eigenvalue weighted by Crippen LogP contribution is 2.26. The van der Waals surface area contributed by atoms with Crippen LogP contribution in [0.1, 0.15) is 45.1 Å². The highest BCUT2D eigenvalue weighted by Gasteiger charge is 2.30. The summed E-state index contributed by atoms with van der Waals surface area (Å²) in [6.45, 7) is 8.41. The van der Waals surface area contributed by atoms with E-state index >= 15 is 0 Å². The normalized spacial score (nSPS) is 20.3. The van der Waals surface area contributed by atoms with Crippen molar-refractivity contribution in [3.05, 3.63) is 35.9 Å². The van der Waals surface area contributed by atoms with Gasteiger partial charge in [-0.3, -0.25) is 20.2 Å². The third-order valence-electron chi connectivity index (χ3n) is 6.49. The summed E-state index contributed by atoms with van der Waals surface area (Å²) in [6, 6.07) is 8.50.